The lowest BCUT2D eigenvalue weighted by Gasteiger charge is -2.39. The molecule has 40 heavy (non-hydrogen) atoms. The van der Waals surface area contributed by atoms with Gasteiger partial charge in [-0.25, -0.2) is 19.2 Å². The summed E-state index contributed by atoms with van der Waals surface area (Å²) >= 11 is 0. The van der Waals surface area contributed by atoms with Crippen LogP contribution in [-0.4, -0.2) is 64.6 Å². The smallest absolute Gasteiger partial charge is 0.339 e. The minimum atomic E-state index is -1.05. The maximum atomic E-state index is 13.7. The molecule has 0 aliphatic carbocycles. The van der Waals surface area contributed by atoms with Crippen LogP contribution in [0.1, 0.15) is 53.4 Å². The molecule has 0 bridgehead atoms. The molecule has 1 amide bonds. The molecule has 210 valence electrons. The van der Waals surface area contributed by atoms with Crippen molar-refractivity contribution in [2.45, 2.75) is 45.1 Å². The van der Waals surface area contributed by atoms with E-state index < -0.39 is 5.97 Å². The number of carboxylic acid groups (broad SMARTS) is 1. The molecule has 9 heteroatoms. The fourth-order valence-electron chi connectivity index (χ4n) is 6.05. The van der Waals surface area contributed by atoms with E-state index in [2.05, 4.69) is 9.88 Å². The zero-order chi connectivity index (χ0) is 28.4. The van der Waals surface area contributed by atoms with Crippen molar-refractivity contribution in [3.63, 3.8) is 0 Å². The molecular weight excluding hydrogens is 511 g/mol. The van der Waals surface area contributed by atoms with Crippen LogP contribution in [0.5, 0.6) is 5.75 Å². The number of halogens is 1. The Morgan fingerprint density at radius 3 is 2.45 bits per heavy atom. The Morgan fingerprint density at radius 1 is 1.07 bits per heavy atom. The second kappa shape index (κ2) is 11.6. The van der Waals surface area contributed by atoms with E-state index in [9.17, 15) is 19.1 Å². The average Bonchev–Trinajstić information content (AvgIpc) is 3.34. The second-order valence-corrected chi connectivity index (χ2v) is 11.0. The Bertz CT molecular complexity index is 1360. The van der Waals surface area contributed by atoms with E-state index in [0.29, 0.717) is 44.1 Å². The number of rotatable bonds is 8. The third-order valence-corrected chi connectivity index (χ3v) is 8.18. The number of benzene rings is 2. The van der Waals surface area contributed by atoms with Crippen LogP contribution in [0.25, 0.3) is 0 Å². The van der Waals surface area contributed by atoms with Gasteiger partial charge in [-0.2, -0.15) is 0 Å². The maximum Gasteiger partial charge on any atom is 0.339 e. The largest absolute Gasteiger partial charge is 0.497 e. The number of anilines is 1. The first-order valence-corrected chi connectivity index (χ1v) is 13.8. The molecule has 3 heterocycles. The normalized spacial score (nSPS) is 20.5. The van der Waals surface area contributed by atoms with Crippen LogP contribution < -0.4 is 9.64 Å². The molecular formula is C31H35FN4O4. The van der Waals surface area contributed by atoms with Crippen LogP contribution in [0, 0.1) is 17.7 Å². The Kier molecular flexibility index (Phi) is 8.00. The number of hydrogen-bond acceptors (Lipinski definition) is 6. The number of carbonyl (C=O) groups excluding carboxylic acids is 1. The third kappa shape index (κ3) is 5.64. The summed E-state index contributed by atoms with van der Waals surface area (Å²) in [6, 6.07) is 14.3. The molecule has 0 radical (unpaired) electrons. The zero-order valence-electron chi connectivity index (χ0n) is 23.1. The Morgan fingerprint density at radius 2 is 1.80 bits per heavy atom. The van der Waals surface area contributed by atoms with Crippen LogP contribution in [0.4, 0.5) is 10.3 Å². The first kappa shape index (κ1) is 27.6. The van der Waals surface area contributed by atoms with Crippen LogP contribution in [0.15, 0.2) is 54.7 Å². The fraction of sp³-hybridized carbons (Fsp3) is 0.419. The molecule has 2 aliphatic rings. The van der Waals surface area contributed by atoms with Crippen LogP contribution in [0.3, 0.4) is 0 Å². The van der Waals surface area contributed by atoms with Crippen molar-refractivity contribution >= 4 is 17.8 Å². The highest BCUT2D eigenvalue weighted by atomic mass is 19.1. The highest BCUT2D eigenvalue weighted by Gasteiger charge is 2.47. The van der Waals surface area contributed by atoms with Crippen LogP contribution >= 0.6 is 0 Å². The van der Waals surface area contributed by atoms with Crippen molar-refractivity contribution in [2.75, 3.05) is 31.6 Å². The second-order valence-electron chi connectivity index (χ2n) is 11.0. The van der Waals surface area contributed by atoms with E-state index in [4.69, 9.17) is 9.72 Å². The van der Waals surface area contributed by atoms with E-state index in [1.807, 2.05) is 55.1 Å². The molecule has 0 saturated carbocycles. The minimum Gasteiger partial charge on any atom is -0.497 e. The number of amides is 1. The van der Waals surface area contributed by atoms with Gasteiger partial charge in [0.1, 0.15) is 11.6 Å². The van der Waals surface area contributed by atoms with Gasteiger partial charge in [-0.05, 0) is 54.7 Å². The summed E-state index contributed by atoms with van der Waals surface area (Å²) in [5.74, 6) is 0.137. The highest BCUT2D eigenvalue weighted by Crippen LogP contribution is 2.42. The Hall–Kier alpha value is -4.01. The third-order valence-electron chi connectivity index (χ3n) is 8.18. The number of hydrogen-bond donors (Lipinski definition) is 1. The molecule has 3 atom stereocenters. The molecule has 0 spiro atoms. The van der Waals surface area contributed by atoms with E-state index in [-0.39, 0.29) is 41.1 Å². The monoisotopic (exact) mass is 546 g/mol. The standard InChI is InChI=1S/C31H35FN4O4/c1-19(2)29(37)36-18-25(21-7-9-22(32)10-8-21)26-17-35(15-14-28(26)36)31-33-16-24(30(38)39)27(34-31)13-6-20-4-11-23(40-3)12-5-20/h4-5,7-12,16,19,25-26,28H,6,13-15,17-18H2,1-3H3,(H,38,39)/t25-,26-,28-/m1/s1. The molecule has 2 saturated heterocycles. The van der Waals surface area contributed by atoms with Gasteiger partial charge in [-0.3, -0.25) is 4.79 Å². The van der Waals surface area contributed by atoms with Gasteiger partial charge in [-0.15, -0.1) is 0 Å². The first-order chi connectivity index (χ1) is 19.2. The number of aromatic carboxylic acids is 1. The maximum absolute atomic E-state index is 13.7. The minimum absolute atomic E-state index is 0.0592. The van der Waals surface area contributed by atoms with Gasteiger partial charge in [0.15, 0.2) is 0 Å². The van der Waals surface area contributed by atoms with Gasteiger partial charge in [0, 0.05) is 49.6 Å². The van der Waals surface area contributed by atoms with Crippen molar-refractivity contribution in [1.29, 1.82) is 0 Å². The van der Waals surface area contributed by atoms with E-state index >= 15 is 0 Å². The lowest BCUT2D eigenvalue weighted by Crippen LogP contribution is -2.49. The molecule has 2 fully saturated rings. The molecule has 2 aromatic carbocycles. The molecule has 0 unspecified atom stereocenters. The van der Waals surface area contributed by atoms with Gasteiger partial charge in [0.05, 0.1) is 18.4 Å². The number of fused-ring (bicyclic) bond motifs is 1. The molecule has 8 nitrogen and oxygen atoms in total. The molecule has 5 rings (SSSR count). The predicted molar refractivity (Wildman–Crippen MR) is 149 cm³/mol. The van der Waals surface area contributed by atoms with E-state index in [1.165, 1.54) is 18.3 Å². The van der Waals surface area contributed by atoms with Gasteiger partial charge in [0.2, 0.25) is 11.9 Å². The summed E-state index contributed by atoms with van der Waals surface area (Å²) in [5.41, 5.74) is 2.67. The van der Waals surface area contributed by atoms with Crippen molar-refractivity contribution < 1.29 is 23.8 Å². The molecule has 2 aliphatic heterocycles. The van der Waals surface area contributed by atoms with Gasteiger partial charge in [-0.1, -0.05) is 38.1 Å². The summed E-state index contributed by atoms with van der Waals surface area (Å²) in [6.07, 6.45) is 3.25. The molecule has 1 aromatic heterocycles. The molecule has 1 N–H and O–H groups in total. The summed E-state index contributed by atoms with van der Waals surface area (Å²) in [4.78, 5) is 38.4. The fourth-order valence-corrected chi connectivity index (χ4v) is 6.05. The van der Waals surface area contributed by atoms with Crippen molar-refractivity contribution in [3.8, 4) is 5.75 Å². The summed E-state index contributed by atoms with van der Waals surface area (Å²) in [6.45, 7) is 5.71. The highest BCUT2D eigenvalue weighted by molar-refractivity contribution is 5.88. The van der Waals surface area contributed by atoms with Crippen molar-refractivity contribution in [1.82, 2.24) is 14.9 Å². The van der Waals surface area contributed by atoms with Crippen LogP contribution in [-0.2, 0) is 17.6 Å². The number of nitrogens with zero attached hydrogens (tertiary/aromatic N) is 4. The van der Waals surface area contributed by atoms with E-state index in [1.54, 1.807) is 7.11 Å². The summed E-state index contributed by atoms with van der Waals surface area (Å²) in [7, 11) is 1.62. The zero-order valence-corrected chi connectivity index (χ0v) is 23.1. The Balaban J connectivity index is 1.39. The van der Waals surface area contributed by atoms with E-state index in [0.717, 1.165) is 23.3 Å². The number of aryl methyl sites for hydroxylation is 2. The lowest BCUT2D eigenvalue weighted by atomic mass is 9.82. The SMILES string of the molecule is COc1ccc(CCc2nc(N3CC[C@@H]4[C@H](C3)[C@@H](c3ccc(F)cc3)CN4C(=O)C(C)C)ncc2C(=O)O)cc1. The molecule has 3 aromatic rings. The first-order valence-electron chi connectivity index (χ1n) is 13.8. The van der Waals surface area contributed by atoms with Gasteiger partial charge < -0.3 is 19.6 Å². The lowest BCUT2D eigenvalue weighted by molar-refractivity contribution is -0.135. The van der Waals surface area contributed by atoms with Crippen LogP contribution in [0.2, 0.25) is 0 Å². The number of carboxylic acids is 1. The number of methoxy groups -OCH3 is 1. The Labute approximate surface area is 233 Å². The van der Waals surface area contributed by atoms with Crippen molar-refractivity contribution in [3.05, 3.63) is 82.9 Å². The number of aromatic nitrogens is 2. The summed E-state index contributed by atoms with van der Waals surface area (Å²) < 4.78 is 18.9. The topological polar surface area (TPSA) is 95.9 Å². The summed E-state index contributed by atoms with van der Waals surface area (Å²) in [5, 5.41) is 9.79. The number of piperidine rings is 1. The quantitative estimate of drug-likeness (QED) is 0.442. The van der Waals surface area contributed by atoms with Gasteiger partial charge >= 0.3 is 5.97 Å². The van der Waals surface area contributed by atoms with Crippen molar-refractivity contribution in [2.24, 2.45) is 11.8 Å². The predicted octanol–water partition coefficient (Wildman–Crippen LogP) is 4.58. The number of ether oxygens (including phenoxy) is 1. The number of carbonyl (C=O) groups is 2. The number of likely N-dealkylation sites (tertiary alicyclic amines) is 1. The average molecular weight is 547 g/mol. The van der Waals surface area contributed by atoms with Gasteiger partial charge in [0.25, 0.3) is 0 Å².